The highest BCUT2D eigenvalue weighted by molar-refractivity contribution is 5.85. The van der Waals surface area contributed by atoms with Gasteiger partial charge in [-0.05, 0) is 75.8 Å². The van der Waals surface area contributed by atoms with Crippen molar-refractivity contribution in [2.24, 2.45) is 0 Å². The maximum Gasteiger partial charge on any atom is 0.407 e. The van der Waals surface area contributed by atoms with E-state index in [0.29, 0.717) is 52.2 Å². The minimum atomic E-state index is -0.928. The van der Waals surface area contributed by atoms with Crippen molar-refractivity contribution in [2.45, 2.75) is 72.3 Å². The standard InChI is InChI=1S/C34H47N3O5/c1-6-41-31(42-7-2)29-19-17-26(18-20-29)25-36(23-10-11-24-37(33(39)40)34(3,4)5)32(38)35-22-21-28-15-12-14-27-13-8-9-16-30(27)28/h8-9,12-20,31H,6-7,10-11,21-25H2,1-5H3,(H,35,38)(H,39,40). The zero-order valence-corrected chi connectivity index (χ0v) is 25.8. The van der Waals surface area contributed by atoms with Crippen molar-refractivity contribution in [3.8, 4) is 0 Å². The first-order chi connectivity index (χ1) is 20.1. The second kappa shape index (κ2) is 16.1. The Morgan fingerprint density at radius 1 is 0.881 bits per heavy atom. The summed E-state index contributed by atoms with van der Waals surface area (Å²) in [7, 11) is 0. The molecule has 8 nitrogen and oxygen atoms in total. The predicted molar refractivity (Wildman–Crippen MR) is 168 cm³/mol. The largest absolute Gasteiger partial charge is 0.465 e. The van der Waals surface area contributed by atoms with Crippen molar-refractivity contribution in [1.29, 1.82) is 0 Å². The van der Waals surface area contributed by atoms with Crippen LogP contribution in [0.3, 0.4) is 0 Å². The Bertz CT molecular complexity index is 1260. The molecule has 42 heavy (non-hydrogen) atoms. The fraction of sp³-hybridized carbons (Fsp3) is 0.471. The van der Waals surface area contributed by atoms with Crippen LogP contribution in [-0.4, -0.2) is 65.4 Å². The number of hydrogen-bond acceptors (Lipinski definition) is 4. The first kappa shape index (κ1) is 32.9. The Kier molecular flexibility index (Phi) is 12.6. The summed E-state index contributed by atoms with van der Waals surface area (Å²) in [5.74, 6) is 0. The topological polar surface area (TPSA) is 91.3 Å². The average molecular weight is 578 g/mol. The number of fused-ring (bicyclic) bond motifs is 1. The summed E-state index contributed by atoms with van der Waals surface area (Å²) in [5, 5.41) is 15.1. The van der Waals surface area contributed by atoms with Crippen LogP contribution in [0.25, 0.3) is 10.8 Å². The molecule has 8 heteroatoms. The maximum absolute atomic E-state index is 13.4. The Hall–Kier alpha value is -3.62. The molecule has 0 aliphatic heterocycles. The van der Waals surface area contributed by atoms with Crippen LogP contribution >= 0.6 is 0 Å². The summed E-state index contributed by atoms with van der Waals surface area (Å²) in [6.45, 7) is 12.5. The maximum atomic E-state index is 13.4. The average Bonchev–Trinajstić information content (AvgIpc) is 2.96. The molecule has 3 aromatic carbocycles. The van der Waals surface area contributed by atoms with Crippen molar-refractivity contribution >= 4 is 22.9 Å². The number of amides is 3. The Morgan fingerprint density at radius 2 is 1.52 bits per heavy atom. The van der Waals surface area contributed by atoms with E-state index >= 15 is 0 Å². The van der Waals surface area contributed by atoms with Crippen molar-refractivity contribution < 1.29 is 24.2 Å². The Morgan fingerprint density at radius 3 is 2.17 bits per heavy atom. The number of nitrogens with zero attached hydrogens (tertiary/aromatic N) is 2. The summed E-state index contributed by atoms with van der Waals surface area (Å²) in [5.41, 5.74) is 2.65. The second-order valence-electron chi connectivity index (χ2n) is 11.3. The van der Waals surface area contributed by atoms with Gasteiger partial charge in [-0.25, -0.2) is 9.59 Å². The molecule has 0 fully saturated rings. The molecule has 0 radical (unpaired) electrons. The summed E-state index contributed by atoms with van der Waals surface area (Å²) in [6, 6.07) is 22.4. The summed E-state index contributed by atoms with van der Waals surface area (Å²) >= 11 is 0. The molecule has 0 aromatic heterocycles. The molecule has 0 unspecified atom stereocenters. The summed E-state index contributed by atoms with van der Waals surface area (Å²) < 4.78 is 11.4. The third-order valence-corrected chi connectivity index (χ3v) is 7.20. The predicted octanol–water partition coefficient (Wildman–Crippen LogP) is 7.22. The Labute approximate surface area is 250 Å². The molecule has 0 saturated heterocycles. The third kappa shape index (κ3) is 9.74. The molecule has 3 amide bonds. The number of carbonyl (C=O) groups is 2. The van der Waals surface area contributed by atoms with Gasteiger partial charge in [0.25, 0.3) is 0 Å². The number of benzene rings is 3. The van der Waals surface area contributed by atoms with E-state index in [4.69, 9.17) is 9.47 Å². The fourth-order valence-corrected chi connectivity index (χ4v) is 5.01. The lowest BCUT2D eigenvalue weighted by Gasteiger charge is -2.33. The van der Waals surface area contributed by atoms with Crippen molar-refractivity contribution in [1.82, 2.24) is 15.1 Å². The minimum Gasteiger partial charge on any atom is -0.465 e. The van der Waals surface area contributed by atoms with Gasteiger partial charge >= 0.3 is 12.1 Å². The van der Waals surface area contributed by atoms with Crippen molar-refractivity contribution in [2.75, 3.05) is 32.8 Å². The molecule has 228 valence electrons. The highest BCUT2D eigenvalue weighted by Crippen LogP contribution is 2.21. The van der Waals surface area contributed by atoms with Gasteiger partial charge in [0.05, 0.1) is 0 Å². The van der Waals surface area contributed by atoms with E-state index in [1.54, 1.807) is 0 Å². The normalized spacial score (nSPS) is 11.6. The minimum absolute atomic E-state index is 0.133. The smallest absolute Gasteiger partial charge is 0.407 e. The fourth-order valence-electron chi connectivity index (χ4n) is 5.01. The van der Waals surface area contributed by atoms with Gasteiger partial charge in [0.15, 0.2) is 6.29 Å². The van der Waals surface area contributed by atoms with Crippen molar-refractivity contribution in [3.63, 3.8) is 0 Å². The second-order valence-corrected chi connectivity index (χ2v) is 11.3. The Balaban J connectivity index is 1.66. The number of carbonyl (C=O) groups excluding carboxylic acids is 1. The number of unbranched alkanes of at least 4 members (excludes halogenated alkanes) is 1. The van der Waals surface area contributed by atoms with Crippen LogP contribution in [0.2, 0.25) is 0 Å². The number of carboxylic acid groups (broad SMARTS) is 1. The van der Waals surface area contributed by atoms with Gasteiger partial charge in [0.2, 0.25) is 0 Å². The van der Waals surface area contributed by atoms with E-state index in [1.807, 2.05) is 75.9 Å². The number of nitrogens with one attached hydrogen (secondary N) is 1. The SMILES string of the molecule is CCOC(OCC)c1ccc(CN(CCCCN(C(=O)O)C(C)(C)C)C(=O)NCCc2cccc3ccccc23)cc1. The van der Waals surface area contributed by atoms with Crippen LogP contribution < -0.4 is 5.32 Å². The monoisotopic (exact) mass is 577 g/mol. The summed E-state index contributed by atoms with van der Waals surface area (Å²) in [6.07, 6.45) is 0.730. The molecule has 0 atom stereocenters. The highest BCUT2D eigenvalue weighted by Gasteiger charge is 2.25. The van der Waals surface area contributed by atoms with Gasteiger partial charge in [-0.3, -0.25) is 0 Å². The van der Waals surface area contributed by atoms with E-state index in [2.05, 4.69) is 35.6 Å². The zero-order chi connectivity index (χ0) is 30.5. The molecule has 0 spiro atoms. The molecule has 3 aromatic rings. The van der Waals surface area contributed by atoms with Gasteiger partial charge < -0.3 is 29.7 Å². The van der Waals surface area contributed by atoms with E-state index in [0.717, 1.165) is 17.5 Å². The van der Waals surface area contributed by atoms with E-state index in [9.17, 15) is 14.7 Å². The lowest BCUT2D eigenvalue weighted by Crippen LogP contribution is -2.45. The van der Waals surface area contributed by atoms with Gasteiger partial charge in [0, 0.05) is 50.5 Å². The van der Waals surface area contributed by atoms with Gasteiger partial charge in [-0.15, -0.1) is 0 Å². The molecule has 3 rings (SSSR count). The molecular formula is C34H47N3O5. The lowest BCUT2D eigenvalue weighted by molar-refractivity contribution is -0.140. The number of rotatable bonds is 15. The quantitative estimate of drug-likeness (QED) is 0.147. The van der Waals surface area contributed by atoms with E-state index in [-0.39, 0.29) is 6.03 Å². The van der Waals surface area contributed by atoms with Gasteiger partial charge in [0.1, 0.15) is 0 Å². The van der Waals surface area contributed by atoms with Crippen LogP contribution in [0, 0.1) is 0 Å². The lowest BCUT2D eigenvalue weighted by atomic mass is 10.0. The van der Waals surface area contributed by atoms with Gasteiger partial charge in [-0.2, -0.15) is 0 Å². The molecule has 0 heterocycles. The highest BCUT2D eigenvalue weighted by atomic mass is 16.7. The van der Waals surface area contributed by atoms with E-state index in [1.165, 1.54) is 21.2 Å². The summed E-state index contributed by atoms with van der Waals surface area (Å²) in [4.78, 5) is 28.4. The molecular weight excluding hydrogens is 530 g/mol. The molecule has 0 saturated carbocycles. The molecule has 0 bridgehead atoms. The van der Waals surface area contributed by atoms with E-state index < -0.39 is 17.9 Å². The number of hydrogen-bond donors (Lipinski definition) is 2. The van der Waals surface area contributed by atoms with Crippen molar-refractivity contribution in [3.05, 3.63) is 83.4 Å². The number of urea groups is 1. The van der Waals surface area contributed by atoms with Crippen LogP contribution in [0.5, 0.6) is 0 Å². The van der Waals surface area contributed by atoms with Gasteiger partial charge in [-0.1, -0.05) is 66.7 Å². The zero-order valence-electron chi connectivity index (χ0n) is 25.8. The van der Waals surface area contributed by atoms with Crippen LogP contribution in [0.15, 0.2) is 66.7 Å². The molecule has 0 aliphatic rings. The third-order valence-electron chi connectivity index (χ3n) is 7.20. The first-order valence-corrected chi connectivity index (χ1v) is 15.0. The first-order valence-electron chi connectivity index (χ1n) is 15.0. The molecule has 2 N–H and O–H groups in total. The van der Waals surface area contributed by atoms with Crippen LogP contribution in [0.4, 0.5) is 9.59 Å². The number of ether oxygens (including phenoxy) is 2. The van der Waals surface area contributed by atoms with Crippen LogP contribution in [-0.2, 0) is 22.4 Å². The van der Waals surface area contributed by atoms with Crippen LogP contribution in [0.1, 0.15) is 70.4 Å². The molecule has 0 aliphatic carbocycles.